The van der Waals surface area contributed by atoms with Crippen molar-refractivity contribution in [3.05, 3.63) is 64.4 Å². The highest BCUT2D eigenvalue weighted by Gasteiger charge is 2.20. The predicted molar refractivity (Wildman–Crippen MR) is 76.1 cm³/mol. The lowest BCUT2D eigenvalue weighted by molar-refractivity contribution is -0.118. The Morgan fingerprint density at radius 3 is 2.42 bits per heavy atom. The molecule has 0 fully saturated rings. The van der Waals surface area contributed by atoms with Crippen molar-refractivity contribution in [3.8, 4) is 0 Å². The standard InChI is InChI=1S/C14H12BrFN2O/c15-10-6-2-1-5-9(10)13(14(17)19)18-12-8-4-3-7-11(12)16/h1-8,13,18H,(H2,17,19). The average Bonchev–Trinajstić information content (AvgIpc) is 2.38. The lowest BCUT2D eigenvalue weighted by Crippen LogP contribution is -2.28. The van der Waals surface area contributed by atoms with Crippen molar-refractivity contribution >= 4 is 27.5 Å². The number of benzene rings is 2. The minimum atomic E-state index is -0.799. The maximum absolute atomic E-state index is 13.6. The number of halogens is 2. The molecule has 0 aliphatic rings. The molecule has 3 N–H and O–H groups in total. The highest BCUT2D eigenvalue weighted by Crippen LogP contribution is 2.27. The quantitative estimate of drug-likeness (QED) is 0.908. The van der Waals surface area contributed by atoms with E-state index in [1.54, 1.807) is 36.4 Å². The van der Waals surface area contributed by atoms with Crippen LogP contribution in [-0.4, -0.2) is 5.91 Å². The first-order valence-corrected chi connectivity index (χ1v) is 6.43. The smallest absolute Gasteiger partial charge is 0.244 e. The van der Waals surface area contributed by atoms with Gasteiger partial charge in [0.1, 0.15) is 11.9 Å². The van der Waals surface area contributed by atoms with E-state index in [0.717, 1.165) is 4.47 Å². The first-order valence-electron chi connectivity index (χ1n) is 5.64. The SMILES string of the molecule is NC(=O)C(Nc1ccccc1F)c1ccccc1Br. The molecule has 1 atom stereocenters. The van der Waals surface area contributed by atoms with Crippen molar-refractivity contribution in [1.29, 1.82) is 0 Å². The van der Waals surface area contributed by atoms with Gasteiger partial charge in [-0.15, -0.1) is 0 Å². The number of carbonyl (C=O) groups excluding carboxylic acids is 1. The summed E-state index contributed by atoms with van der Waals surface area (Å²) in [7, 11) is 0. The number of para-hydroxylation sites is 1. The van der Waals surface area contributed by atoms with E-state index in [1.165, 1.54) is 6.07 Å². The Balaban J connectivity index is 2.35. The zero-order valence-electron chi connectivity index (χ0n) is 9.94. The fourth-order valence-electron chi connectivity index (χ4n) is 1.75. The van der Waals surface area contributed by atoms with E-state index in [1.807, 2.05) is 6.07 Å². The van der Waals surface area contributed by atoms with Crippen molar-refractivity contribution < 1.29 is 9.18 Å². The van der Waals surface area contributed by atoms with Gasteiger partial charge in [0.2, 0.25) is 5.91 Å². The van der Waals surface area contributed by atoms with Crippen LogP contribution >= 0.6 is 15.9 Å². The third-order valence-corrected chi connectivity index (χ3v) is 3.40. The summed E-state index contributed by atoms with van der Waals surface area (Å²) in [5.74, 6) is -1.00. The third-order valence-electron chi connectivity index (χ3n) is 2.67. The van der Waals surface area contributed by atoms with Crippen LogP contribution in [0.3, 0.4) is 0 Å². The summed E-state index contributed by atoms with van der Waals surface area (Å²) in [6.07, 6.45) is 0. The van der Waals surface area contributed by atoms with Crippen LogP contribution in [0.2, 0.25) is 0 Å². The van der Waals surface area contributed by atoms with Crippen LogP contribution in [0.1, 0.15) is 11.6 Å². The number of hydrogen-bond donors (Lipinski definition) is 2. The van der Waals surface area contributed by atoms with Gasteiger partial charge < -0.3 is 11.1 Å². The zero-order valence-corrected chi connectivity index (χ0v) is 11.5. The third kappa shape index (κ3) is 3.12. The maximum atomic E-state index is 13.6. The molecular formula is C14H12BrFN2O. The van der Waals surface area contributed by atoms with Crippen LogP contribution in [0, 0.1) is 5.82 Å². The Bertz CT molecular complexity index is 604. The van der Waals surface area contributed by atoms with Crippen molar-refractivity contribution in [2.75, 3.05) is 5.32 Å². The number of anilines is 1. The number of rotatable bonds is 4. The maximum Gasteiger partial charge on any atom is 0.244 e. The summed E-state index contributed by atoms with van der Waals surface area (Å²) >= 11 is 3.36. The van der Waals surface area contributed by atoms with Crippen LogP contribution in [0.15, 0.2) is 53.0 Å². The normalized spacial score (nSPS) is 11.9. The van der Waals surface area contributed by atoms with Crippen LogP contribution in [0.5, 0.6) is 0 Å². The van der Waals surface area contributed by atoms with Crippen molar-refractivity contribution in [2.45, 2.75) is 6.04 Å². The van der Waals surface area contributed by atoms with E-state index in [0.29, 0.717) is 5.56 Å². The number of nitrogens with two attached hydrogens (primary N) is 1. The minimum Gasteiger partial charge on any atom is -0.368 e. The molecule has 5 heteroatoms. The topological polar surface area (TPSA) is 55.1 Å². The average molecular weight is 323 g/mol. The molecule has 1 unspecified atom stereocenters. The number of nitrogens with one attached hydrogen (secondary N) is 1. The van der Waals surface area contributed by atoms with E-state index >= 15 is 0 Å². The van der Waals surface area contributed by atoms with Gasteiger partial charge in [0.25, 0.3) is 0 Å². The summed E-state index contributed by atoms with van der Waals surface area (Å²) in [6.45, 7) is 0. The molecule has 0 spiro atoms. The monoisotopic (exact) mass is 322 g/mol. The fourth-order valence-corrected chi connectivity index (χ4v) is 2.26. The second-order valence-corrected chi connectivity index (χ2v) is 4.84. The molecule has 3 nitrogen and oxygen atoms in total. The Labute approximate surface area is 118 Å². The molecule has 0 radical (unpaired) electrons. The van der Waals surface area contributed by atoms with Gasteiger partial charge in [-0.25, -0.2) is 4.39 Å². The summed E-state index contributed by atoms with van der Waals surface area (Å²) in [5.41, 5.74) is 6.29. The molecule has 2 aromatic rings. The van der Waals surface area contributed by atoms with E-state index in [4.69, 9.17) is 5.73 Å². The number of amides is 1. The molecule has 98 valence electrons. The van der Waals surface area contributed by atoms with Crippen molar-refractivity contribution in [2.24, 2.45) is 5.73 Å². The summed E-state index contributed by atoms with van der Waals surface area (Å²) in [5, 5.41) is 2.82. The number of hydrogen-bond acceptors (Lipinski definition) is 2. The van der Waals surface area contributed by atoms with E-state index < -0.39 is 17.8 Å². The van der Waals surface area contributed by atoms with Gasteiger partial charge in [0, 0.05) is 4.47 Å². The Kier molecular flexibility index (Phi) is 4.16. The second kappa shape index (κ2) is 5.84. The molecule has 0 aromatic heterocycles. The van der Waals surface area contributed by atoms with Gasteiger partial charge in [-0.1, -0.05) is 46.3 Å². The van der Waals surface area contributed by atoms with E-state index in [-0.39, 0.29) is 5.69 Å². The molecule has 0 bridgehead atoms. The fraction of sp³-hybridized carbons (Fsp3) is 0.0714. The largest absolute Gasteiger partial charge is 0.368 e. The first-order chi connectivity index (χ1) is 9.09. The van der Waals surface area contributed by atoms with Gasteiger partial charge in [-0.05, 0) is 23.8 Å². The van der Waals surface area contributed by atoms with Crippen LogP contribution in [0.4, 0.5) is 10.1 Å². The molecule has 0 heterocycles. The summed E-state index contributed by atoms with van der Waals surface area (Å²) in [6, 6.07) is 12.5. The van der Waals surface area contributed by atoms with Crippen LogP contribution in [0.25, 0.3) is 0 Å². The van der Waals surface area contributed by atoms with Crippen molar-refractivity contribution in [1.82, 2.24) is 0 Å². The van der Waals surface area contributed by atoms with Gasteiger partial charge in [-0.3, -0.25) is 4.79 Å². The Morgan fingerprint density at radius 1 is 1.16 bits per heavy atom. The van der Waals surface area contributed by atoms with Crippen LogP contribution in [-0.2, 0) is 4.79 Å². The summed E-state index contributed by atoms with van der Waals surface area (Å²) in [4.78, 5) is 11.6. The predicted octanol–water partition coefficient (Wildman–Crippen LogP) is 3.23. The molecule has 0 aliphatic carbocycles. The Hall–Kier alpha value is -1.88. The highest BCUT2D eigenvalue weighted by molar-refractivity contribution is 9.10. The second-order valence-electron chi connectivity index (χ2n) is 3.98. The first kappa shape index (κ1) is 13.5. The van der Waals surface area contributed by atoms with E-state index in [2.05, 4.69) is 21.2 Å². The molecule has 0 aliphatic heterocycles. The summed E-state index contributed by atoms with van der Waals surface area (Å²) < 4.78 is 14.3. The highest BCUT2D eigenvalue weighted by atomic mass is 79.9. The zero-order chi connectivity index (χ0) is 13.8. The lowest BCUT2D eigenvalue weighted by Gasteiger charge is -2.18. The molecule has 19 heavy (non-hydrogen) atoms. The number of carbonyl (C=O) groups is 1. The minimum absolute atomic E-state index is 0.238. The number of primary amides is 1. The van der Waals surface area contributed by atoms with Crippen molar-refractivity contribution in [3.63, 3.8) is 0 Å². The van der Waals surface area contributed by atoms with Crippen LogP contribution < -0.4 is 11.1 Å². The van der Waals surface area contributed by atoms with E-state index in [9.17, 15) is 9.18 Å². The Morgan fingerprint density at radius 2 is 1.79 bits per heavy atom. The molecule has 0 saturated heterocycles. The molecule has 1 amide bonds. The molecule has 2 rings (SSSR count). The van der Waals surface area contributed by atoms with Gasteiger partial charge in [0.15, 0.2) is 0 Å². The molecular weight excluding hydrogens is 311 g/mol. The molecule has 0 saturated carbocycles. The van der Waals surface area contributed by atoms with Gasteiger partial charge in [-0.2, -0.15) is 0 Å². The lowest BCUT2D eigenvalue weighted by atomic mass is 10.1. The van der Waals surface area contributed by atoms with Gasteiger partial charge >= 0.3 is 0 Å². The van der Waals surface area contributed by atoms with Gasteiger partial charge in [0.05, 0.1) is 5.69 Å². The molecule has 2 aromatic carbocycles.